The molecule has 2 aromatic carbocycles. The van der Waals surface area contributed by atoms with Crippen molar-refractivity contribution in [1.82, 2.24) is 9.21 Å². The molecular weight excluding hydrogens is 418 g/mol. The zero-order valence-electron chi connectivity index (χ0n) is 17.9. The van der Waals surface area contributed by atoms with E-state index >= 15 is 0 Å². The van der Waals surface area contributed by atoms with Crippen molar-refractivity contribution in [3.8, 4) is 0 Å². The molecule has 1 aliphatic rings. The van der Waals surface area contributed by atoms with E-state index < -0.39 is 21.0 Å². The van der Waals surface area contributed by atoms with Crippen LogP contribution in [0.1, 0.15) is 55.1 Å². The number of nitro groups is 1. The maximum Gasteiger partial charge on any atom is 0.269 e. The number of carbonyl (C=O) groups excluding carboxylic acids is 1. The first-order valence-electron chi connectivity index (χ1n) is 10.3. The highest BCUT2D eigenvalue weighted by Crippen LogP contribution is 2.27. The Balaban J connectivity index is 1.78. The molecule has 1 amide bonds. The van der Waals surface area contributed by atoms with E-state index in [0.717, 1.165) is 19.3 Å². The molecule has 1 aliphatic heterocycles. The second-order valence-electron chi connectivity index (χ2n) is 7.93. The lowest BCUT2D eigenvalue weighted by Crippen LogP contribution is -2.41. The van der Waals surface area contributed by atoms with Crippen LogP contribution in [0.4, 0.5) is 5.69 Å². The van der Waals surface area contributed by atoms with Crippen molar-refractivity contribution in [2.75, 3.05) is 13.6 Å². The van der Waals surface area contributed by atoms with Crippen molar-refractivity contribution >= 4 is 21.6 Å². The Morgan fingerprint density at radius 3 is 2.48 bits per heavy atom. The van der Waals surface area contributed by atoms with Crippen LogP contribution in [0.25, 0.3) is 0 Å². The lowest BCUT2D eigenvalue weighted by atomic mass is 10.1. The Morgan fingerprint density at radius 2 is 1.87 bits per heavy atom. The number of piperidine rings is 1. The molecule has 0 spiro atoms. The maximum atomic E-state index is 13.0. The van der Waals surface area contributed by atoms with E-state index in [-0.39, 0.29) is 22.5 Å². The first kappa shape index (κ1) is 22.9. The normalized spacial score (nSPS) is 18.4. The van der Waals surface area contributed by atoms with Gasteiger partial charge in [0.25, 0.3) is 11.6 Å². The summed E-state index contributed by atoms with van der Waals surface area (Å²) in [6.45, 7) is 4.21. The Labute approximate surface area is 182 Å². The van der Waals surface area contributed by atoms with Gasteiger partial charge in [-0.15, -0.1) is 0 Å². The number of nitro benzene ring substituents is 1. The van der Waals surface area contributed by atoms with E-state index in [1.54, 1.807) is 26.1 Å². The molecule has 0 bridgehead atoms. The van der Waals surface area contributed by atoms with Gasteiger partial charge < -0.3 is 4.90 Å². The van der Waals surface area contributed by atoms with Gasteiger partial charge in [0.2, 0.25) is 10.0 Å². The van der Waals surface area contributed by atoms with E-state index in [1.165, 1.54) is 45.6 Å². The van der Waals surface area contributed by atoms with Gasteiger partial charge in [0, 0.05) is 37.3 Å². The van der Waals surface area contributed by atoms with E-state index in [9.17, 15) is 23.3 Å². The van der Waals surface area contributed by atoms with Gasteiger partial charge in [0.05, 0.1) is 15.9 Å². The second kappa shape index (κ2) is 9.15. The van der Waals surface area contributed by atoms with Gasteiger partial charge in [-0.1, -0.05) is 18.6 Å². The topological polar surface area (TPSA) is 101 Å². The predicted octanol–water partition coefficient (Wildman–Crippen LogP) is 3.99. The molecule has 2 atom stereocenters. The van der Waals surface area contributed by atoms with Crippen LogP contribution in [-0.2, 0) is 10.0 Å². The highest BCUT2D eigenvalue weighted by Gasteiger charge is 2.31. The van der Waals surface area contributed by atoms with Gasteiger partial charge in [0.15, 0.2) is 0 Å². The summed E-state index contributed by atoms with van der Waals surface area (Å²) in [5.41, 5.74) is 0.959. The second-order valence-corrected chi connectivity index (χ2v) is 9.82. The molecule has 166 valence electrons. The Morgan fingerprint density at radius 1 is 1.19 bits per heavy atom. The van der Waals surface area contributed by atoms with Crippen molar-refractivity contribution in [3.63, 3.8) is 0 Å². The van der Waals surface area contributed by atoms with Crippen molar-refractivity contribution in [1.29, 1.82) is 0 Å². The summed E-state index contributed by atoms with van der Waals surface area (Å²) in [6, 6.07) is 11.7. The summed E-state index contributed by atoms with van der Waals surface area (Å²) in [7, 11) is -1.98. The van der Waals surface area contributed by atoms with Crippen LogP contribution in [0.5, 0.6) is 0 Å². The monoisotopic (exact) mass is 445 g/mol. The third-order valence-corrected chi connectivity index (χ3v) is 7.94. The highest BCUT2D eigenvalue weighted by atomic mass is 32.2. The molecule has 2 unspecified atom stereocenters. The van der Waals surface area contributed by atoms with E-state index in [1.807, 2.05) is 6.92 Å². The molecule has 1 heterocycles. The number of nitrogens with zero attached hydrogens (tertiary/aromatic N) is 3. The van der Waals surface area contributed by atoms with Crippen LogP contribution >= 0.6 is 0 Å². The summed E-state index contributed by atoms with van der Waals surface area (Å²) in [5, 5.41) is 11.0. The third-order valence-electron chi connectivity index (χ3n) is 5.91. The molecule has 0 aromatic heterocycles. The average molecular weight is 446 g/mol. The quantitative estimate of drug-likeness (QED) is 0.494. The molecule has 3 rings (SSSR count). The fourth-order valence-electron chi connectivity index (χ4n) is 3.84. The predicted molar refractivity (Wildman–Crippen MR) is 117 cm³/mol. The minimum Gasteiger partial charge on any atom is -0.335 e. The zero-order chi connectivity index (χ0) is 22.8. The van der Waals surface area contributed by atoms with Crippen LogP contribution in [0, 0.1) is 10.1 Å². The molecule has 8 nitrogen and oxygen atoms in total. The Bertz CT molecular complexity index is 1070. The first-order chi connectivity index (χ1) is 14.6. The third kappa shape index (κ3) is 4.77. The molecule has 1 saturated heterocycles. The SMILES string of the molecule is CC(c1cccc([N+](=O)[O-])c1)N(C)C(=O)c1ccc(S(=O)(=O)N2CCCCC2C)cc1. The van der Waals surface area contributed by atoms with Gasteiger partial charge in [-0.2, -0.15) is 4.31 Å². The average Bonchev–Trinajstić information content (AvgIpc) is 2.78. The van der Waals surface area contributed by atoms with Crippen LogP contribution in [0.3, 0.4) is 0 Å². The number of carbonyl (C=O) groups is 1. The minimum atomic E-state index is -3.60. The number of sulfonamides is 1. The largest absolute Gasteiger partial charge is 0.335 e. The number of hydrogen-bond donors (Lipinski definition) is 0. The standard InChI is InChI=1S/C22H27N3O5S/c1-16-7-4-5-14-24(16)31(29,30)21-12-10-18(11-13-21)22(26)23(3)17(2)19-8-6-9-20(15-19)25(27)28/h6,8-13,15-17H,4-5,7,14H2,1-3H3. The first-order valence-corrected chi connectivity index (χ1v) is 11.7. The zero-order valence-corrected chi connectivity index (χ0v) is 18.7. The van der Waals surface area contributed by atoms with Crippen molar-refractivity contribution in [3.05, 3.63) is 69.8 Å². The summed E-state index contributed by atoms with van der Waals surface area (Å²) in [5.74, 6) is -0.297. The molecule has 0 saturated carbocycles. The summed E-state index contributed by atoms with van der Waals surface area (Å²) < 4.78 is 27.5. The number of non-ortho nitro benzene ring substituents is 1. The molecular formula is C22H27N3O5S. The maximum absolute atomic E-state index is 13.0. The summed E-state index contributed by atoms with van der Waals surface area (Å²) >= 11 is 0. The van der Waals surface area contributed by atoms with Gasteiger partial charge >= 0.3 is 0 Å². The lowest BCUT2D eigenvalue weighted by Gasteiger charge is -2.32. The molecule has 2 aromatic rings. The smallest absolute Gasteiger partial charge is 0.269 e. The van der Waals surface area contributed by atoms with Gasteiger partial charge in [-0.05, 0) is 56.5 Å². The van der Waals surface area contributed by atoms with E-state index in [2.05, 4.69) is 0 Å². The van der Waals surface area contributed by atoms with Crippen LogP contribution in [0.2, 0.25) is 0 Å². The molecule has 0 aliphatic carbocycles. The van der Waals surface area contributed by atoms with Gasteiger partial charge in [-0.3, -0.25) is 14.9 Å². The van der Waals surface area contributed by atoms with E-state index in [4.69, 9.17) is 0 Å². The Hall–Kier alpha value is -2.78. The van der Waals surface area contributed by atoms with Gasteiger partial charge in [-0.25, -0.2) is 8.42 Å². The van der Waals surface area contributed by atoms with Crippen LogP contribution in [0.15, 0.2) is 53.4 Å². The number of hydrogen-bond acceptors (Lipinski definition) is 5. The van der Waals surface area contributed by atoms with E-state index in [0.29, 0.717) is 17.7 Å². The minimum absolute atomic E-state index is 0.0355. The number of amides is 1. The Kier molecular flexibility index (Phi) is 6.76. The molecule has 9 heteroatoms. The van der Waals surface area contributed by atoms with Crippen molar-refractivity contribution < 1.29 is 18.1 Å². The number of rotatable bonds is 6. The summed E-state index contributed by atoms with van der Waals surface area (Å²) in [4.78, 5) is 25.1. The summed E-state index contributed by atoms with van der Waals surface area (Å²) in [6.07, 6.45) is 2.71. The fraction of sp³-hybridized carbons (Fsp3) is 0.409. The fourth-order valence-corrected chi connectivity index (χ4v) is 5.53. The molecule has 31 heavy (non-hydrogen) atoms. The molecule has 0 N–H and O–H groups in total. The lowest BCUT2D eigenvalue weighted by molar-refractivity contribution is -0.384. The van der Waals surface area contributed by atoms with Gasteiger partial charge in [0.1, 0.15) is 0 Å². The molecule has 0 radical (unpaired) electrons. The number of benzene rings is 2. The van der Waals surface area contributed by atoms with Crippen molar-refractivity contribution in [2.45, 2.75) is 50.1 Å². The van der Waals surface area contributed by atoms with Crippen LogP contribution in [-0.4, -0.2) is 48.1 Å². The van der Waals surface area contributed by atoms with Crippen LogP contribution < -0.4 is 0 Å². The van der Waals surface area contributed by atoms with Crippen molar-refractivity contribution in [2.24, 2.45) is 0 Å². The molecule has 1 fully saturated rings. The highest BCUT2D eigenvalue weighted by molar-refractivity contribution is 7.89.